The van der Waals surface area contributed by atoms with Crippen LogP contribution in [0.25, 0.3) is 0 Å². The minimum Gasteiger partial charge on any atom is -0.481 e. The topological polar surface area (TPSA) is 40.5 Å². The van der Waals surface area contributed by atoms with Crippen molar-refractivity contribution in [1.29, 1.82) is 0 Å². The Balaban J connectivity index is 3.13. The number of anilines is 1. The quantitative estimate of drug-likeness (QED) is 0.826. The maximum atomic E-state index is 10.9. The van der Waals surface area contributed by atoms with Gasteiger partial charge in [-0.1, -0.05) is 12.1 Å². The average molecular weight is 207 g/mol. The SMILES string of the molecule is Cc1ccc(C(C)C(=O)O)cc1N(C)C. The van der Waals surface area contributed by atoms with Crippen molar-refractivity contribution in [1.82, 2.24) is 0 Å². The van der Waals surface area contributed by atoms with Crippen LogP contribution in [0.2, 0.25) is 0 Å². The van der Waals surface area contributed by atoms with Crippen molar-refractivity contribution < 1.29 is 9.90 Å². The molecule has 0 bridgehead atoms. The van der Waals surface area contributed by atoms with E-state index in [0.717, 1.165) is 16.8 Å². The number of aliphatic carboxylic acids is 1. The molecule has 1 atom stereocenters. The zero-order chi connectivity index (χ0) is 11.6. The Hall–Kier alpha value is -1.51. The second-order valence-corrected chi connectivity index (χ2v) is 4.00. The van der Waals surface area contributed by atoms with Crippen LogP contribution in [0.15, 0.2) is 18.2 Å². The maximum Gasteiger partial charge on any atom is 0.310 e. The van der Waals surface area contributed by atoms with E-state index < -0.39 is 11.9 Å². The number of hydrogen-bond acceptors (Lipinski definition) is 2. The van der Waals surface area contributed by atoms with E-state index in [9.17, 15) is 4.79 Å². The Labute approximate surface area is 90.3 Å². The summed E-state index contributed by atoms with van der Waals surface area (Å²) in [5, 5.41) is 8.92. The summed E-state index contributed by atoms with van der Waals surface area (Å²) in [5.74, 6) is -1.24. The van der Waals surface area contributed by atoms with Crippen molar-refractivity contribution in [3.63, 3.8) is 0 Å². The number of nitrogens with zero attached hydrogens (tertiary/aromatic N) is 1. The van der Waals surface area contributed by atoms with Gasteiger partial charge in [-0.15, -0.1) is 0 Å². The molecule has 0 aliphatic rings. The van der Waals surface area contributed by atoms with Crippen LogP contribution >= 0.6 is 0 Å². The molecule has 0 saturated carbocycles. The molecule has 1 N–H and O–H groups in total. The number of hydrogen-bond donors (Lipinski definition) is 1. The highest BCUT2D eigenvalue weighted by molar-refractivity contribution is 5.76. The molecule has 0 saturated heterocycles. The normalized spacial score (nSPS) is 12.3. The minimum absolute atomic E-state index is 0.454. The largest absolute Gasteiger partial charge is 0.481 e. The first-order valence-corrected chi connectivity index (χ1v) is 4.94. The van der Waals surface area contributed by atoms with Gasteiger partial charge in [0.25, 0.3) is 0 Å². The van der Waals surface area contributed by atoms with Crippen LogP contribution in [-0.2, 0) is 4.79 Å². The monoisotopic (exact) mass is 207 g/mol. The van der Waals surface area contributed by atoms with E-state index in [2.05, 4.69) is 0 Å². The Bertz CT molecular complexity index is 372. The van der Waals surface area contributed by atoms with E-state index in [-0.39, 0.29) is 0 Å². The first-order chi connectivity index (χ1) is 6.93. The Kier molecular flexibility index (Phi) is 3.35. The smallest absolute Gasteiger partial charge is 0.310 e. The van der Waals surface area contributed by atoms with E-state index in [1.165, 1.54) is 0 Å². The summed E-state index contributed by atoms with van der Waals surface area (Å²) in [6.45, 7) is 3.72. The van der Waals surface area contributed by atoms with Gasteiger partial charge in [0.2, 0.25) is 0 Å². The summed E-state index contributed by atoms with van der Waals surface area (Å²) in [4.78, 5) is 12.8. The van der Waals surface area contributed by atoms with Gasteiger partial charge < -0.3 is 10.0 Å². The van der Waals surface area contributed by atoms with Crippen LogP contribution < -0.4 is 4.90 Å². The molecule has 1 aromatic carbocycles. The highest BCUT2D eigenvalue weighted by Gasteiger charge is 2.14. The first-order valence-electron chi connectivity index (χ1n) is 4.94. The highest BCUT2D eigenvalue weighted by atomic mass is 16.4. The molecule has 82 valence electrons. The number of carbonyl (C=O) groups is 1. The summed E-state index contributed by atoms with van der Waals surface area (Å²) in [7, 11) is 3.91. The molecule has 0 aromatic heterocycles. The minimum atomic E-state index is -0.788. The number of carboxylic acid groups (broad SMARTS) is 1. The summed E-state index contributed by atoms with van der Waals surface area (Å²) in [6, 6.07) is 5.78. The lowest BCUT2D eigenvalue weighted by Gasteiger charge is -2.18. The van der Waals surface area contributed by atoms with Crippen molar-refractivity contribution in [2.24, 2.45) is 0 Å². The van der Waals surface area contributed by atoms with Crippen LogP contribution in [0.3, 0.4) is 0 Å². The molecule has 3 nitrogen and oxygen atoms in total. The second kappa shape index (κ2) is 4.34. The van der Waals surface area contributed by atoms with Gasteiger partial charge in [-0.25, -0.2) is 0 Å². The first kappa shape index (κ1) is 11.6. The van der Waals surface area contributed by atoms with Gasteiger partial charge in [0.05, 0.1) is 5.92 Å². The summed E-state index contributed by atoms with van der Waals surface area (Å²) in [6.07, 6.45) is 0. The standard InChI is InChI=1S/C12H17NO2/c1-8-5-6-10(9(2)12(14)15)7-11(8)13(3)4/h5-7,9H,1-4H3,(H,14,15). The predicted molar refractivity (Wildman–Crippen MR) is 61.6 cm³/mol. The molecular formula is C12H17NO2. The van der Waals surface area contributed by atoms with Crippen LogP contribution in [0.5, 0.6) is 0 Å². The number of benzene rings is 1. The van der Waals surface area contributed by atoms with Crippen LogP contribution in [0, 0.1) is 6.92 Å². The summed E-state index contributed by atoms with van der Waals surface area (Å²) >= 11 is 0. The van der Waals surface area contributed by atoms with Crippen molar-refractivity contribution in [3.05, 3.63) is 29.3 Å². The van der Waals surface area contributed by atoms with E-state index in [4.69, 9.17) is 5.11 Å². The predicted octanol–water partition coefficient (Wildman–Crippen LogP) is 2.25. The van der Waals surface area contributed by atoms with Crippen molar-refractivity contribution >= 4 is 11.7 Å². The summed E-state index contributed by atoms with van der Waals surface area (Å²) < 4.78 is 0. The second-order valence-electron chi connectivity index (χ2n) is 4.00. The Morgan fingerprint density at radius 2 is 2.00 bits per heavy atom. The fourth-order valence-electron chi connectivity index (χ4n) is 1.52. The highest BCUT2D eigenvalue weighted by Crippen LogP contribution is 2.24. The third kappa shape index (κ3) is 2.49. The molecule has 15 heavy (non-hydrogen) atoms. The zero-order valence-corrected chi connectivity index (χ0v) is 9.61. The lowest BCUT2D eigenvalue weighted by atomic mass is 9.99. The molecule has 0 heterocycles. The fraction of sp³-hybridized carbons (Fsp3) is 0.417. The summed E-state index contributed by atoms with van der Waals surface area (Å²) in [5.41, 5.74) is 3.07. The third-order valence-corrected chi connectivity index (χ3v) is 2.59. The maximum absolute atomic E-state index is 10.9. The number of aryl methyl sites for hydroxylation is 1. The van der Waals surface area contributed by atoms with E-state index in [1.807, 2.05) is 44.1 Å². The van der Waals surface area contributed by atoms with Gasteiger partial charge in [-0.05, 0) is 31.0 Å². The van der Waals surface area contributed by atoms with Crippen molar-refractivity contribution in [3.8, 4) is 0 Å². The molecule has 0 amide bonds. The Morgan fingerprint density at radius 3 is 2.47 bits per heavy atom. The third-order valence-electron chi connectivity index (χ3n) is 2.59. The van der Waals surface area contributed by atoms with Gasteiger partial charge >= 0.3 is 5.97 Å². The van der Waals surface area contributed by atoms with Crippen LogP contribution in [0.1, 0.15) is 24.0 Å². The van der Waals surface area contributed by atoms with Crippen molar-refractivity contribution in [2.75, 3.05) is 19.0 Å². The Morgan fingerprint density at radius 1 is 1.40 bits per heavy atom. The van der Waals surface area contributed by atoms with Crippen LogP contribution in [0.4, 0.5) is 5.69 Å². The molecular weight excluding hydrogens is 190 g/mol. The van der Waals surface area contributed by atoms with Gasteiger partial charge in [0.15, 0.2) is 0 Å². The zero-order valence-electron chi connectivity index (χ0n) is 9.61. The number of carboxylic acids is 1. The number of rotatable bonds is 3. The molecule has 3 heteroatoms. The molecule has 1 rings (SSSR count). The van der Waals surface area contributed by atoms with E-state index in [1.54, 1.807) is 6.92 Å². The fourth-order valence-corrected chi connectivity index (χ4v) is 1.52. The van der Waals surface area contributed by atoms with E-state index >= 15 is 0 Å². The molecule has 1 aromatic rings. The van der Waals surface area contributed by atoms with Gasteiger partial charge in [0, 0.05) is 19.8 Å². The molecule has 0 fully saturated rings. The van der Waals surface area contributed by atoms with Crippen LogP contribution in [-0.4, -0.2) is 25.2 Å². The lowest BCUT2D eigenvalue weighted by Crippen LogP contribution is -2.13. The van der Waals surface area contributed by atoms with Gasteiger partial charge in [0.1, 0.15) is 0 Å². The molecule has 0 spiro atoms. The average Bonchev–Trinajstić information content (AvgIpc) is 2.16. The molecule has 0 aliphatic heterocycles. The molecule has 0 radical (unpaired) electrons. The van der Waals surface area contributed by atoms with Gasteiger partial charge in [-0.3, -0.25) is 4.79 Å². The van der Waals surface area contributed by atoms with Crippen molar-refractivity contribution in [2.45, 2.75) is 19.8 Å². The van der Waals surface area contributed by atoms with Gasteiger partial charge in [-0.2, -0.15) is 0 Å². The lowest BCUT2D eigenvalue weighted by molar-refractivity contribution is -0.138. The molecule has 1 unspecified atom stereocenters. The molecule has 0 aliphatic carbocycles. The van der Waals surface area contributed by atoms with E-state index in [0.29, 0.717) is 0 Å².